The van der Waals surface area contributed by atoms with Gasteiger partial charge < -0.3 is 35.4 Å². The predicted octanol–water partition coefficient (Wildman–Crippen LogP) is 3.72. The van der Waals surface area contributed by atoms with Crippen LogP contribution in [-0.4, -0.2) is 99.9 Å². The molecule has 0 spiro atoms. The first kappa shape index (κ1) is 37.8. The topological polar surface area (TPSA) is 141 Å². The van der Waals surface area contributed by atoms with E-state index in [1.54, 1.807) is 13.8 Å². The average Bonchev–Trinajstić information content (AvgIpc) is 3.68. The predicted molar refractivity (Wildman–Crippen MR) is 191 cm³/mol. The molecular formula is C40H56FN3O7. The molecule has 5 N–H and O–H groups in total. The minimum Gasteiger partial charge on any atom is -0.390 e. The summed E-state index contributed by atoms with van der Waals surface area (Å²) in [6.45, 7) is 7.33. The molecule has 11 heteroatoms. The molecule has 280 valence electrons. The van der Waals surface area contributed by atoms with E-state index < -0.39 is 40.9 Å². The summed E-state index contributed by atoms with van der Waals surface area (Å²) in [6.07, 6.45) is 3.95. The highest BCUT2D eigenvalue weighted by molar-refractivity contribution is 5.91. The number of fused-ring (bicyclic) bond motifs is 2. The Labute approximate surface area is 301 Å². The zero-order valence-electron chi connectivity index (χ0n) is 30.4. The van der Waals surface area contributed by atoms with E-state index in [0.717, 1.165) is 53.5 Å². The molecular weight excluding hydrogens is 653 g/mol. The number of ether oxygens (including phenoxy) is 2. The van der Waals surface area contributed by atoms with Gasteiger partial charge >= 0.3 is 0 Å². The van der Waals surface area contributed by atoms with Crippen molar-refractivity contribution in [3.63, 3.8) is 0 Å². The zero-order chi connectivity index (χ0) is 36.4. The Morgan fingerprint density at radius 3 is 2.47 bits per heavy atom. The average molecular weight is 710 g/mol. The minimum atomic E-state index is -1.45. The van der Waals surface area contributed by atoms with Gasteiger partial charge in [0.15, 0.2) is 11.4 Å². The van der Waals surface area contributed by atoms with E-state index in [-0.39, 0.29) is 24.8 Å². The summed E-state index contributed by atoms with van der Waals surface area (Å²) in [7, 11) is 0. The fraction of sp³-hybridized carbons (Fsp3) is 0.650. The van der Waals surface area contributed by atoms with Crippen LogP contribution < -0.4 is 10.6 Å². The maximum atomic E-state index is 13.5. The van der Waals surface area contributed by atoms with E-state index in [1.165, 1.54) is 0 Å². The molecule has 1 aliphatic carbocycles. The Bertz CT molecular complexity index is 1540. The Kier molecular flexibility index (Phi) is 11.3. The Hall–Kier alpha value is -2.93. The van der Waals surface area contributed by atoms with Gasteiger partial charge in [0.1, 0.15) is 17.8 Å². The highest BCUT2D eigenvalue weighted by Crippen LogP contribution is 2.53. The number of halogens is 1. The standard InChI is InChI=1S/C40H56FN3O7/c1-27-10-15-31(40-24-33(45)35(47)39(51-40,26-50-40)37(2,3)49)23-30(27)22-29-13-11-28(12-14-29)8-7-9-34(46)43-38(17-5-4-6-18-38)36(48)42-19-21-44-20-16-32(41)25-44/h10-15,23,32-33,35,45,47,49H,4-9,16-22,24-26H2,1-3H3,(H,42,48)(H,43,46)/t32?,33?,35-,39-,40+/m0/s1. The third-order valence-corrected chi connectivity index (χ3v) is 11.7. The van der Waals surface area contributed by atoms with Gasteiger partial charge in [0.25, 0.3) is 0 Å². The lowest BCUT2D eigenvalue weighted by atomic mass is 9.76. The molecule has 5 atom stereocenters. The second-order valence-corrected chi connectivity index (χ2v) is 15.9. The van der Waals surface area contributed by atoms with Crippen LogP contribution in [0.1, 0.15) is 99.5 Å². The van der Waals surface area contributed by atoms with Crippen molar-refractivity contribution in [3.05, 3.63) is 70.3 Å². The number of nitrogens with one attached hydrogen (secondary N) is 2. The van der Waals surface area contributed by atoms with Crippen molar-refractivity contribution in [1.29, 1.82) is 0 Å². The largest absolute Gasteiger partial charge is 0.390 e. The maximum Gasteiger partial charge on any atom is 0.245 e. The van der Waals surface area contributed by atoms with Crippen molar-refractivity contribution in [2.75, 3.05) is 32.8 Å². The van der Waals surface area contributed by atoms with Gasteiger partial charge in [-0.3, -0.25) is 14.5 Å². The number of amides is 2. The molecule has 51 heavy (non-hydrogen) atoms. The monoisotopic (exact) mass is 709 g/mol. The number of hydrogen-bond acceptors (Lipinski definition) is 8. The second-order valence-electron chi connectivity index (χ2n) is 15.9. The smallest absolute Gasteiger partial charge is 0.245 e. The molecule has 10 nitrogen and oxygen atoms in total. The summed E-state index contributed by atoms with van der Waals surface area (Å²) in [5.74, 6) is -1.50. The number of aryl methyl sites for hydroxylation is 2. The Morgan fingerprint density at radius 1 is 1.06 bits per heavy atom. The summed E-state index contributed by atoms with van der Waals surface area (Å²) in [5.41, 5.74) is 1.39. The van der Waals surface area contributed by atoms with E-state index in [4.69, 9.17) is 9.47 Å². The van der Waals surface area contributed by atoms with E-state index >= 15 is 0 Å². The summed E-state index contributed by atoms with van der Waals surface area (Å²) in [4.78, 5) is 28.5. The number of carbonyl (C=O) groups excluding carboxylic acids is 2. The first-order valence-corrected chi connectivity index (χ1v) is 18.8. The molecule has 0 aromatic heterocycles. The number of hydrogen-bond donors (Lipinski definition) is 5. The lowest BCUT2D eigenvalue weighted by Crippen LogP contribution is -2.66. The molecule has 4 fully saturated rings. The van der Waals surface area contributed by atoms with Crippen LogP contribution in [0.2, 0.25) is 0 Å². The summed E-state index contributed by atoms with van der Waals surface area (Å²) >= 11 is 0. The van der Waals surface area contributed by atoms with Gasteiger partial charge in [-0.2, -0.15) is 0 Å². The SMILES string of the molecule is Cc1ccc([C@]23CC(O)[C@H](O)[C@](C(C)(C)O)(CO2)O3)cc1Cc1ccc(CCCC(=O)NC2(C(=O)NCCN3CCC(F)C3)CCCCC2)cc1. The van der Waals surface area contributed by atoms with Crippen LogP contribution in [0.4, 0.5) is 4.39 Å². The summed E-state index contributed by atoms with van der Waals surface area (Å²) in [5, 5.41) is 38.6. The van der Waals surface area contributed by atoms with E-state index in [2.05, 4.69) is 34.9 Å². The van der Waals surface area contributed by atoms with Crippen LogP contribution in [0.25, 0.3) is 0 Å². The quantitative estimate of drug-likeness (QED) is 0.212. The molecule has 2 aromatic rings. The fourth-order valence-corrected chi connectivity index (χ4v) is 8.42. The van der Waals surface area contributed by atoms with Crippen molar-refractivity contribution < 1.29 is 38.8 Å². The van der Waals surface area contributed by atoms with Crippen molar-refractivity contribution in [3.8, 4) is 0 Å². The van der Waals surface area contributed by atoms with Gasteiger partial charge in [0.2, 0.25) is 11.8 Å². The van der Waals surface area contributed by atoms with Crippen LogP contribution in [-0.2, 0) is 37.7 Å². The number of benzene rings is 2. The van der Waals surface area contributed by atoms with Crippen LogP contribution >= 0.6 is 0 Å². The molecule has 6 rings (SSSR count). The number of likely N-dealkylation sites (tertiary alicyclic amines) is 1. The number of alkyl halides is 1. The molecule has 3 aliphatic heterocycles. The van der Waals surface area contributed by atoms with Crippen molar-refractivity contribution in [2.24, 2.45) is 0 Å². The van der Waals surface area contributed by atoms with Gasteiger partial charge in [-0.05, 0) is 87.6 Å². The maximum absolute atomic E-state index is 13.5. The number of aliphatic hydroxyl groups is 3. The molecule has 4 aliphatic rings. The molecule has 2 unspecified atom stereocenters. The molecule has 1 saturated carbocycles. The number of carbonyl (C=O) groups is 2. The second kappa shape index (κ2) is 15.2. The van der Waals surface area contributed by atoms with Crippen LogP contribution in [0.5, 0.6) is 0 Å². The number of aliphatic hydroxyl groups excluding tert-OH is 2. The van der Waals surface area contributed by atoms with Crippen molar-refractivity contribution in [1.82, 2.24) is 15.5 Å². The lowest BCUT2D eigenvalue weighted by molar-refractivity contribution is -0.308. The molecule has 2 aromatic carbocycles. The highest BCUT2D eigenvalue weighted by Gasteiger charge is 2.67. The summed E-state index contributed by atoms with van der Waals surface area (Å²) in [6, 6.07) is 14.3. The van der Waals surface area contributed by atoms with Crippen molar-refractivity contribution in [2.45, 2.75) is 132 Å². The molecule has 2 amide bonds. The Morgan fingerprint density at radius 2 is 1.78 bits per heavy atom. The van der Waals surface area contributed by atoms with Gasteiger partial charge in [-0.15, -0.1) is 0 Å². The van der Waals surface area contributed by atoms with E-state index in [0.29, 0.717) is 64.7 Å². The first-order valence-electron chi connectivity index (χ1n) is 18.8. The van der Waals surface area contributed by atoms with E-state index in [9.17, 15) is 29.3 Å². The van der Waals surface area contributed by atoms with Crippen LogP contribution in [0.3, 0.4) is 0 Å². The highest BCUT2D eigenvalue weighted by atomic mass is 19.1. The van der Waals surface area contributed by atoms with Crippen LogP contribution in [0.15, 0.2) is 42.5 Å². The van der Waals surface area contributed by atoms with Gasteiger partial charge in [0.05, 0.1) is 18.3 Å². The van der Waals surface area contributed by atoms with Crippen molar-refractivity contribution >= 4 is 11.8 Å². The fourth-order valence-electron chi connectivity index (χ4n) is 8.42. The number of rotatable bonds is 13. The molecule has 3 saturated heterocycles. The van der Waals surface area contributed by atoms with Gasteiger partial charge in [-0.25, -0.2) is 4.39 Å². The first-order chi connectivity index (χ1) is 24.2. The normalized spacial score (nSPS) is 29.2. The minimum absolute atomic E-state index is 0.0416. The molecule has 2 bridgehead atoms. The molecule has 3 heterocycles. The third kappa shape index (κ3) is 8.04. The Balaban J connectivity index is 1.01. The summed E-state index contributed by atoms with van der Waals surface area (Å²) < 4.78 is 26.1. The third-order valence-electron chi connectivity index (χ3n) is 11.7. The van der Waals surface area contributed by atoms with Gasteiger partial charge in [-0.1, -0.05) is 55.7 Å². The van der Waals surface area contributed by atoms with Crippen LogP contribution in [0, 0.1) is 6.92 Å². The molecule has 0 radical (unpaired) electrons. The zero-order valence-corrected chi connectivity index (χ0v) is 30.4. The number of nitrogens with zero attached hydrogens (tertiary/aromatic N) is 1. The van der Waals surface area contributed by atoms with Gasteiger partial charge in [0, 0.05) is 44.6 Å². The lowest BCUT2D eigenvalue weighted by Gasteiger charge is -2.48. The van der Waals surface area contributed by atoms with E-state index in [1.807, 2.05) is 30.0 Å².